The molecule has 1 fully saturated rings. The Morgan fingerprint density at radius 1 is 1.33 bits per heavy atom. The van der Waals surface area contributed by atoms with Crippen molar-refractivity contribution in [1.82, 2.24) is 9.78 Å². The van der Waals surface area contributed by atoms with E-state index in [1.807, 2.05) is 0 Å². The molecule has 15 heavy (non-hydrogen) atoms. The van der Waals surface area contributed by atoms with E-state index in [4.69, 9.17) is 0 Å². The lowest BCUT2D eigenvalue weighted by atomic mass is 9.87. The van der Waals surface area contributed by atoms with Crippen molar-refractivity contribution in [3.05, 3.63) is 16.4 Å². The molecule has 1 saturated carbocycles. The van der Waals surface area contributed by atoms with Crippen LogP contribution in [-0.2, 0) is 0 Å². The van der Waals surface area contributed by atoms with Crippen LogP contribution in [0.5, 0.6) is 0 Å². The Morgan fingerprint density at radius 2 is 2.00 bits per heavy atom. The maximum Gasteiger partial charge on any atom is 0.128 e. The van der Waals surface area contributed by atoms with Gasteiger partial charge in [-0.15, -0.1) is 0 Å². The van der Waals surface area contributed by atoms with Crippen LogP contribution in [0.1, 0.15) is 63.6 Å². The van der Waals surface area contributed by atoms with Crippen molar-refractivity contribution < 1.29 is 0 Å². The van der Waals surface area contributed by atoms with Crippen molar-refractivity contribution >= 4 is 15.9 Å². The summed E-state index contributed by atoms with van der Waals surface area (Å²) in [6.07, 6.45) is 6.85. The molecule has 0 N–H and O–H groups in total. The van der Waals surface area contributed by atoms with Gasteiger partial charge in [0, 0.05) is 17.7 Å². The fourth-order valence-electron chi connectivity index (χ4n) is 2.49. The van der Waals surface area contributed by atoms with E-state index in [-0.39, 0.29) is 0 Å². The van der Waals surface area contributed by atoms with E-state index < -0.39 is 0 Å². The second kappa shape index (κ2) is 4.69. The molecule has 2 nitrogen and oxygen atoms in total. The summed E-state index contributed by atoms with van der Waals surface area (Å²) in [5.41, 5.74) is 1.43. The predicted octanol–water partition coefficient (Wildman–Crippen LogP) is 4.27. The minimum Gasteiger partial charge on any atom is -0.266 e. The topological polar surface area (TPSA) is 17.8 Å². The molecule has 0 radical (unpaired) electrons. The van der Waals surface area contributed by atoms with Gasteiger partial charge in [-0.2, -0.15) is 5.10 Å². The third-order valence-corrected chi connectivity index (χ3v) is 3.63. The highest BCUT2D eigenvalue weighted by Gasteiger charge is 2.21. The van der Waals surface area contributed by atoms with Gasteiger partial charge < -0.3 is 0 Å². The average Bonchev–Trinajstić information content (AvgIpc) is 2.62. The van der Waals surface area contributed by atoms with E-state index in [0.29, 0.717) is 6.04 Å². The van der Waals surface area contributed by atoms with Crippen LogP contribution in [0.25, 0.3) is 0 Å². The highest BCUT2D eigenvalue weighted by molar-refractivity contribution is 9.10. The minimum atomic E-state index is 0.466. The predicted molar refractivity (Wildman–Crippen MR) is 66.1 cm³/mol. The Morgan fingerprint density at radius 3 is 2.60 bits per heavy atom. The molecule has 1 aromatic heterocycles. The molecule has 3 heteroatoms. The minimum absolute atomic E-state index is 0.466. The third-order valence-electron chi connectivity index (χ3n) is 3.25. The zero-order valence-electron chi connectivity index (χ0n) is 9.54. The highest BCUT2D eigenvalue weighted by Crippen LogP contribution is 2.34. The Kier molecular flexibility index (Phi) is 3.49. The molecule has 1 aliphatic carbocycles. The van der Waals surface area contributed by atoms with Crippen molar-refractivity contribution in [2.24, 2.45) is 0 Å². The van der Waals surface area contributed by atoms with Gasteiger partial charge >= 0.3 is 0 Å². The number of hydrogen-bond donors (Lipinski definition) is 0. The van der Waals surface area contributed by atoms with Gasteiger partial charge in [0.2, 0.25) is 0 Å². The van der Waals surface area contributed by atoms with Gasteiger partial charge in [-0.05, 0) is 48.7 Å². The molecule has 2 rings (SSSR count). The zero-order valence-corrected chi connectivity index (χ0v) is 11.1. The standard InChI is InChI=1S/C12H19BrN2/c1-9(2)15-11(8-12(13)14-15)10-6-4-3-5-7-10/h8-10H,3-7H2,1-2H3. The smallest absolute Gasteiger partial charge is 0.128 e. The summed E-state index contributed by atoms with van der Waals surface area (Å²) >= 11 is 3.49. The first-order chi connectivity index (χ1) is 7.18. The van der Waals surface area contributed by atoms with Gasteiger partial charge in [0.1, 0.15) is 4.60 Å². The number of aromatic nitrogens is 2. The molecule has 84 valence electrons. The molecule has 0 aromatic carbocycles. The molecular formula is C12H19BrN2. The third kappa shape index (κ3) is 2.44. The first-order valence-electron chi connectivity index (χ1n) is 5.93. The lowest BCUT2D eigenvalue weighted by Gasteiger charge is -2.23. The van der Waals surface area contributed by atoms with Crippen molar-refractivity contribution in [2.45, 2.75) is 57.9 Å². The summed E-state index contributed by atoms with van der Waals surface area (Å²) in [7, 11) is 0. The van der Waals surface area contributed by atoms with Gasteiger partial charge in [0.25, 0.3) is 0 Å². The fourth-order valence-corrected chi connectivity index (χ4v) is 2.90. The second-order valence-corrected chi connectivity index (χ2v) is 5.58. The Hall–Kier alpha value is -0.310. The first kappa shape index (κ1) is 11.2. The average molecular weight is 271 g/mol. The molecule has 1 heterocycles. The van der Waals surface area contributed by atoms with Crippen LogP contribution in [0, 0.1) is 0 Å². The molecule has 0 amide bonds. The van der Waals surface area contributed by atoms with E-state index in [9.17, 15) is 0 Å². The fraction of sp³-hybridized carbons (Fsp3) is 0.750. The summed E-state index contributed by atoms with van der Waals surface area (Å²) in [5, 5.41) is 4.52. The molecule has 0 spiro atoms. The molecular weight excluding hydrogens is 252 g/mol. The summed E-state index contributed by atoms with van der Waals surface area (Å²) < 4.78 is 3.16. The van der Waals surface area contributed by atoms with E-state index >= 15 is 0 Å². The van der Waals surface area contributed by atoms with Crippen LogP contribution in [0.15, 0.2) is 10.7 Å². The Balaban J connectivity index is 2.25. The summed E-state index contributed by atoms with van der Waals surface area (Å²) in [4.78, 5) is 0. The van der Waals surface area contributed by atoms with Crippen LogP contribution in [0.3, 0.4) is 0 Å². The molecule has 1 aliphatic rings. The van der Waals surface area contributed by atoms with Gasteiger partial charge in [0.05, 0.1) is 0 Å². The van der Waals surface area contributed by atoms with Gasteiger partial charge in [0.15, 0.2) is 0 Å². The Labute approximate surface area is 100 Å². The lowest BCUT2D eigenvalue weighted by Crippen LogP contribution is -2.13. The van der Waals surface area contributed by atoms with Crippen molar-refractivity contribution in [3.63, 3.8) is 0 Å². The highest BCUT2D eigenvalue weighted by atomic mass is 79.9. The summed E-state index contributed by atoms with van der Waals surface area (Å²) in [6, 6.07) is 2.67. The van der Waals surface area contributed by atoms with Crippen molar-refractivity contribution in [1.29, 1.82) is 0 Å². The number of hydrogen-bond acceptors (Lipinski definition) is 1. The quantitative estimate of drug-likeness (QED) is 0.785. The van der Waals surface area contributed by atoms with E-state index in [2.05, 4.69) is 45.6 Å². The first-order valence-corrected chi connectivity index (χ1v) is 6.72. The van der Waals surface area contributed by atoms with Gasteiger partial charge in [-0.25, -0.2) is 0 Å². The maximum atomic E-state index is 4.52. The van der Waals surface area contributed by atoms with E-state index in [0.717, 1.165) is 10.5 Å². The molecule has 0 atom stereocenters. The maximum absolute atomic E-state index is 4.52. The summed E-state index contributed by atoms with van der Waals surface area (Å²) in [6.45, 7) is 4.40. The van der Waals surface area contributed by atoms with Crippen LogP contribution in [0.4, 0.5) is 0 Å². The van der Waals surface area contributed by atoms with Crippen LogP contribution >= 0.6 is 15.9 Å². The Bertz CT molecular complexity index is 324. The number of nitrogens with zero attached hydrogens (tertiary/aromatic N) is 2. The molecule has 1 aromatic rings. The van der Waals surface area contributed by atoms with Gasteiger partial charge in [-0.1, -0.05) is 19.3 Å². The van der Waals surface area contributed by atoms with Gasteiger partial charge in [-0.3, -0.25) is 4.68 Å². The second-order valence-electron chi connectivity index (χ2n) is 4.77. The monoisotopic (exact) mass is 270 g/mol. The van der Waals surface area contributed by atoms with Crippen LogP contribution < -0.4 is 0 Å². The number of rotatable bonds is 2. The van der Waals surface area contributed by atoms with E-state index in [1.165, 1.54) is 37.8 Å². The SMILES string of the molecule is CC(C)n1nc(Br)cc1C1CCCCC1. The van der Waals surface area contributed by atoms with Crippen molar-refractivity contribution in [2.75, 3.05) is 0 Å². The van der Waals surface area contributed by atoms with Crippen molar-refractivity contribution in [3.8, 4) is 0 Å². The molecule has 0 bridgehead atoms. The molecule has 0 aliphatic heterocycles. The normalized spacial score (nSPS) is 18.7. The largest absolute Gasteiger partial charge is 0.266 e. The lowest BCUT2D eigenvalue weighted by molar-refractivity contribution is 0.401. The number of halogens is 1. The molecule has 0 saturated heterocycles. The van der Waals surface area contributed by atoms with Crippen LogP contribution in [-0.4, -0.2) is 9.78 Å². The van der Waals surface area contributed by atoms with Crippen LogP contribution in [0.2, 0.25) is 0 Å². The summed E-state index contributed by atoms with van der Waals surface area (Å²) in [5.74, 6) is 0.736. The molecule has 0 unspecified atom stereocenters. The zero-order chi connectivity index (χ0) is 10.8. The van der Waals surface area contributed by atoms with E-state index in [1.54, 1.807) is 0 Å².